The van der Waals surface area contributed by atoms with Gasteiger partial charge in [-0.1, -0.05) is 0 Å². The number of nitrogens with two attached hydrogens (primary N) is 1. The maximum Gasteiger partial charge on any atom is 0.238 e. The van der Waals surface area contributed by atoms with Crippen LogP contribution in [0.25, 0.3) is 0 Å². The Hall–Kier alpha value is -1.58. The predicted octanol–water partition coefficient (Wildman–Crippen LogP) is 1.95. The van der Waals surface area contributed by atoms with Crippen molar-refractivity contribution in [2.75, 3.05) is 10.6 Å². The van der Waals surface area contributed by atoms with E-state index in [9.17, 15) is 9.18 Å². The highest BCUT2D eigenvalue weighted by molar-refractivity contribution is 6.11. The lowest BCUT2D eigenvalue weighted by Gasteiger charge is -2.17. The highest BCUT2D eigenvalue weighted by Crippen LogP contribution is 2.60. The molecule has 1 aliphatic heterocycles. The Morgan fingerprint density at radius 2 is 2.06 bits per heavy atom. The number of nitrogen functional groups attached to an aromatic ring is 1. The molecule has 4 rings (SSSR count). The topological polar surface area (TPSA) is 46.3 Å². The smallest absolute Gasteiger partial charge is 0.238 e. The van der Waals surface area contributed by atoms with E-state index < -0.39 is 5.41 Å². The third kappa shape index (κ3) is 1.03. The highest BCUT2D eigenvalue weighted by atomic mass is 19.1. The average molecular weight is 232 g/mol. The second-order valence-electron chi connectivity index (χ2n) is 5.39. The third-order valence-electron chi connectivity index (χ3n) is 4.13. The van der Waals surface area contributed by atoms with Gasteiger partial charge in [-0.05, 0) is 43.4 Å². The normalized spacial score (nSPS) is 24.3. The summed E-state index contributed by atoms with van der Waals surface area (Å²) < 4.78 is 14.1. The maximum atomic E-state index is 14.1. The molecule has 2 saturated carbocycles. The van der Waals surface area contributed by atoms with Crippen molar-refractivity contribution in [3.05, 3.63) is 23.5 Å². The van der Waals surface area contributed by atoms with E-state index >= 15 is 0 Å². The van der Waals surface area contributed by atoms with Crippen LogP contribution in [0.3, 0.4) is 0 Å². The molecule has 2 fully saturated rings. The molecular weight excluding hydrogens is 219 g/mol. The molecule has 0 atom stereocenters. The zero-order valence-corrected chi connectivity index (χ0v) is 9.37. The first-order valence-corrected chi connectivity index (χ1v) is 6.07. The van der Waals surface area contributed by atoms with E-state index in [4.69, 9.17) is 5.73 Å². The number of carbonyl (C=O) groups excluding carboxylic acids is 1. The second kappa shape index (κ2) is 2.63. The molecule has 0 aromatic heterocycles. The van der Waals surface area contributed by atoms with Crippen LogP contribution in [-0.2, 0) is 10.2 Å². The van der Waals surface area contributed by atoms with Crippen LogP contribution in [0, 0.1) is 5.82 Å². The Balaban J connectivity index is 1.98. The van der Waals surface area contributed by atoms with Gasteiger partial charge in [0.05, 0.1) is 11.1 Å². The maximum absolute atomic E-state index is 14.1. The van der Waals surface area contributed by atoms with E-state index in [0.29, 0.717) is 11.4 Å². The van der Waals surface area contributed by atoms with Gasteiger partial charge >= 0.3 is 0 Å². The SMILES string of the molecule is Nc1cc(F)c2c(c1)C1(CC1)C(=O)N2C1CC1. The molecule has 1 spiro atoms. The van der Waals surface area contributed by atoms with E-state index in [2.05, 4.69) is 0 Å². The van der Waals surface area contributed by atoms with Crippen LogP contribution in [0.15, 0.2) is 12.1 Å². The summed E-state index contributed by atoms with van der Waals surface area (Å²) in [4.78, 5) is 14.1. The number of halogens is 1. The summed E-state index contributed by atoms with van der Waals surface area (Å²) in [6.07, 6.45) is 3.66. The summed E-state index contributed by atoms with van der Waals surface area (Å²) in [5.41, 5.74) is 7.02. The van der Waals surface area contributed by atoms with Gasteiger partial charge in [-0.3, -0.25) is 4.79 Å². The number of rotatable bonds is 1. The van der Waals surface area contributed by atoms with Crippen molar-refractivity contribution in [2.45, 2.75) is 37.1 Å². The van der Waals surface area contributed by atoms with E-state index in [-0.39, 0.29) is 17.8 Å². The lowest BCUT2D eigenvalue weighted by molar-refractivity contribution is -0.120. The predicted molar refractivity (Wildman–Crippen MR) is 62.2 cm³/mol. The standard InChI is InChI=1S/C13H13FN2O/c14-10-6-7(15)5-9-11(10)16(8-1-2-8)12(17)13(9)3-4-13/h5-6,8H,1-4,15H2. The van der Waals surface area contributed by atoms with Crippen molar-refractivity contribution in [2.24, 2.45) is 0 Å². The van der Waals surface area contributed by atoms with E-state index in [1.807, 2.05) is 0 Å². The summed E-state index contributed by atoms with van der Waals surface area (Å²) in [6.45, 7) is 0. The molecule has 0 bridgehead atoms. The number of nitrogens with zero attached hydrogens (tertiary/aromatic N) is 1. The summed E-state index contributed by atoms with van der Waals surface area (Å²) in [7, 11) is 0. The molecule has 0 radical (unpaired) electrons. The molecule has 1 aromatic carbocycles. The van der Waals surface area contributed by atoms with E-state index in [1.165, 1.54) is 6.07 Å². The van der Waals surface area contributed by atoms with Crippen LogP contribution in [0.5, 0.6) is 0 Å². The Kier molecular flexibility index (Phi) is 1.46. The van der Waals surface area contributed by atoms with E-state index in [1.54, 1.807) is 11.0 Å². The Bertz CT molecular complexity index is 547. The van der Waals surface area contributed by atoms with Crippen LogP contribution in [0.1, 0.15) is 31.2 Å². The van der Waals surface area contributed by atoms with Gasteiger partial charge in [0, 0.05) is 11.7 Å². The fourth-order valence-corrected chi connectivity index (χ4v) is 2.97. The van der Waals surface area contributed by atoms with Gasteiger partial charge in [0.2, 0.25) is 5.91 Å². The van der Waals surface area contributed by atoms with Crippen LogP contribution in [0.2, 0.25) is 0 Å². The Morgan fingerprint density at radius 3 is 2.65 bits per heavy atom. The van der Waals surface area contributed by atoms with Crippen molar-refractivity contribution < 1.29 is 9.18 Å². The lowest BCUT2D eigenvalue weighted by Crippen LogP contribution is -2.34. The quantitative estimate of drug-likeness (QED) is 0.752. The summed E-state index contributed by atoms with van der Waals surface area (Å²) in [5, 5.41) is 0. The first-order chi connectivity index (χ1) is 8.13. The van der Waals surface area contributed by atoms with Crippen LogP contribution < -0.4 is 10.6 Å². The van der Waals surface area contributed by atoms with Gasteiger partial charge in [-0.2, -0.15) is 0 Å². The zero-order chi connectivity index (χ0) is 11.8. The fourth-order valence-electron chi connectivity index (χ4n) is 2.97. The average Bonchev–Trinajstić information content (AvgIpc) is 3.12. The molecule has 2 N–H and O–H groups in total. The van der Waals surface area contributed by atoms with E-state index in [0.717, 1.165) is 31.2 Å². The van der Waals surface area contributed by atoms with Gasteiger partial charge < -0.3 is 10.6 Å². The number of fused-ring (bicyclic) bond motifs is 2. The molecule has 88 valence electrons. The van der Waals surface area contributed by atoms with Crippen molar-refractivity contribution in [3.63, 3.8) is 0 Å². The molecule has 2 aliphatic carbocycles. The zero-order valence-electron chi connectivity index (χ0n) is 9.37. The third-order valence-corrected chi connectivity index (χ3v) is 4.13. The number of amides is 1. The molecule has 0 unspecified atom stereocenters. The molecule has 1 amide bonds. The van der Waals surface area contributed by atoms with Crippen molar-refractivity contribution in [3.8, 4) is 0 Å². The van der Waals surface area contributed by atoms with Crippen LogP contribution in [-0.4, -0.2) is 11.9 Å². The first kappa shape index (κ1) is 9.45. The van der Waals surface area contributed by atoms with Crippen LogP contribution in [0.4, 0.5) is 15.8 Å². The molecule has 1 heterocycles. The van der Waals surface area contributed by atoms with Crippen molar-refractivity contribution in [1.29, 1.82) is 0 Å². The monoisotopic (exact) mass is 232 g/mol. The molecule has 4 heteroatoms. The number of benzene rings is 1. The van der Waals surface area contributed by atoms with Gasteiger partial charge in [0.25, 0.3) is 0 Å². The minimum absolute atomic E-state index is 0.0968. The largest absolute Gasteiger partial charge is 0.399 e. The first-order valence-electron chi connectivity index (χ1n) is 6.07. The van der Waals surface area contributed by atoms with Gasteiger partial charge in [-0.15, -0.1) is 0 Å². The number of carbonyl (C=O) groups is 1. The highest BCUT2D eigenvalue weighted by Gasteiger charge is 2.62. The minimum atomic E-state index is -0.422. The minimum Gasteiger partial charge on any atom is -0.399 e. The summed E-state index contributed by atoms with van der Waals surface area (Å²) in [5.74, 6) is -0.247. The molecule has 17 heavy (non-hydrogen) atoms. The van der Waals surface area contributed by atoms with Crippen molar-refractivity contribution >= 4 is 17.3 Å². The second-order valence-corrected chi connectivity index (χ2v) is 5.39. The number of hydrogen-bond acceptors (Lipinski definition) is 2. The summed E-state index contributed by atoms with van der Waals surface area (Å²) in [6, 6.07) is 3.33. The van der Waals surface area contributed by atoms with Gasteiger partial charge in [0.1, 0.15) is 5.82 Å². The number of hydrogen-bond donors (Lipinski definition) is 1. The van der Waals surface area contributed by atoms with Crippen molar-refractivity contribution in [1.82, 2.24) is 0 Å². The van der Waals surface area contributed by atoms with Gasteiger partial charge in [0.15, 0.2) is 0 Å². The summed E-state index contributed by atoms with van der Waals surface area (Å²) >= 11 is 0. The van der Waals surface area contributed by atoms with Gasteiger partial charge in [-0.25, -0.2) is 4.39 Å². The lowest BCUT2D eigenvalue weighted by atomic mass is 9.97. The molecular formula is C13H13FN2O. The Morgan fingerprint density at radius 1 is 1.35 bits per heavy atom. The molecule has 3 nitrogen and oxygen atoms in total. The number of anilines is 2. The molecule has 0 saturated heterocycles. The van der Waals surface area contributed by atoms with Crippen LogP contribution >= 0.6 is 0 Å². The molecule has 3 aliphatic rings. The molecule has 1 aromatic rings. The Labute approximate surface area is 98.4 Å². The fraction of sp³-hybridized carbons (Fsp3) is 0.462.